The number of hydrogen-bond acceptors (Lipinski definition) is 14. The Labute approximate surface area is 923 Å². The average Bonchev–Trinajstić information content (AvgIpc) is 0.780. The molecule has 3 heterocycles. The quantitative estimate of drug-likeness (QED) is 0.00725. The van der Waals surface area contributed by atoms with Crippen LogP contribution in [0.1, 0.15) is 173 Å². The molecule has 0 aliphatic rings. The molecule has 13 nitrogen and oxygen atoms in total. The van der Waals surface area contributed by atoms with Crippen molar-refractivity contribution in [2.45, 2.75) is 199 Å². The molecule has 0 saturated carbocycles. The summed E-state index contributed by atoms with van der Waals surface area (Å²) in [5.74, 6) is 0. The van der Waals surface area contributed by atoms with Gasteiger partial charge in [-0.3, -0.25) is 0 Å². The van der Waals surface area contributed by atoms with Crippen molar-refractivity contribution in [1.82, 2.24) is 4.72 Å². The fourth-order valence-corrected chi connectivity index (χ4v) is 40.3. The molecule has 0 radical (unpaired) electrons. The van der Waals surface area contributed by atoms with Crippen molar-refractivity contribution in [2.75, 3.05) is 58.2 Å². The van der Waals surface area contributed by atoms with E-state index in [0.29, 0.717) is 50.4 Å². The molecule has 8 aromatic carbocycles. The van der Waals surface area contributed by atoms with Crippen LogP contribution < -0.4 is 51.9 Å². The van der Waals surface area contributed by atoms with Gasteiger partial charge in [-0.25, -0.2) is 26.6 Å². The molecule has 4 atom stereocenters. The summed E-state index contributed by atoms with van der Waals surface area (Å²) in [5.41, 5.74) is 10.8. The zero-order chi connectivity index (χ0) is 107. The van der Waals surface area contributed by atoms with E-state index >= 15 is 0 Å². The summed E-state index contributed by atoms with van der Waals surface area (Å²) in [4.78, 5) is 3.27. The molecule has 28 heteroatoms. The Kier molecular flexibility index (Phi) is 54.9. The molecular weight excluding hydrogens is 2310 g/mol. The Morgan fingerprint density at radius 3 is 0.873 bits per heavy atom. The van der Waals surface area contributed by atoms with Gasteiger partial charge < -0.3 is 43.9 Å². The molecule has 0 fully saturated rings. The number of nitrogens with one attached hydrogen (secondary N) is 1. The zero-order valence-corrected chi connectivity index (χ0v) is 106. The van der Waals surface area contributed by atoms with Gasteiger partial charge in [0.05, 0.1) is 88.4 Å². The molecule has 0 spiro atoms. The summed E-state index contributed by atoms with van der Waals surface area (Å²) in [7, 11) is -12.4. The van der Waals surface area contributed by atoms with E-state index in [2.05, 4.69) is 465 Å². The van der Waals surface area contributed by atoms with Gasteiger partial charge in [-0.1, -0.05) is 380 Å². The molecule has 0 aliphatic heterocycles. The molecule has 766 valence electrons. The normalized spacial score (nSPS) is 13.3. The van der Waals surface area contributed by atoms with Crippen molar-refractivity contribution in [3.63, 3.8) is 0 Å². The van der Waals surface area contributed by atoms with E-state index in [1.165, 1.54) is 57.8 Å². The molecule has 0 aliphatic carbocycles. The fraction of sp³-hybridized carbons (Fsp3) is 0.351. The number of aliphatic hydroxyl groups excluding tert-OH is 4. The average molecular weight is 2460 g/mol. The van der Waals surface area contributed by atoms with Crippen LogP contribution in [0.15, 0.2) is 368 Å². The number of nitrogens with zero attached hydrogens (tertiary/aromatic N) is 1. The summed E-state index contributed by atoms with van der Waals surface area (Å²) >= 11 is 23.0. The van der Waals surface area contributed by atoms with Gasteiger partial charge in [-0.2, -0.15) is 9.97 Å². The Bertz CT molecular complexity index is 5450. The fourth-order valence-electron chi connectivity index (χ4n) is 15.8. The van der Waals surface area contributed by atoms with Crippen LogP contribution >= 0.6 is 111 Å². The summed E-state index contributed by atoms with van der Waals surface area (Å²) < 4.78 is 62.1. The molecule has 11 rings (SSSR count). The number of nitrogens with two attached hydrogens (primary N) is 1. The second kappa shape index (κ2) is 60.5. The van der Waals surface area contributed by atoms with Crippen LogP contribution in [0, 0.1) is 6.92 Å². The summed E-state index contributed by atoms with van der Waals surface area (Å²) in [6.07, 6.45) is 1.22. The van der Waals surface area contributed by atoms with E-state index in [-0.39, 0.29) is 56.1 Å². The topological polar surface area (TPSA) is 202 Å². The van der Waals surface area contributed by atoms with Gasteiger partial charge in [0.25, 0.3) is 33.3 Å². The van der Waals surface area contributed by atoms with Crippen LogP contribution in [-0.4, -0.2) is 136 Å². The van der Waals surface area contributed by atoms with E-state index < -0.39 is 66.3 Å². The molecule has 3 aromatic heterocycles. The summed E-state index contributed by atoms with van der Waals surface area (Å²) in [5, 5.41) is 51.2. The van der Waals surface area contributed by atoms with E-state index in [1.54, 1.807) is 34.0 Å². The minimum absolute atomic E-state index is 0.000660. The van der Waals surface area contributed by atoms with Crippen LogP contribution in [0.2, 0.25) is 20.2 Å². The number of benzene rings is 8. The Hall–Kier alpha value is -5.37. The minimum atomic E-state index is -2.67. The first-order chi connectivity index (χ1) is 66.5. The monoisotopic (exact) mass is 2450 g/mol. The molecule has 4 unspecified atom stereocenters. The molecule has 7 N–H and O–H groups in total. The third-order valence-electron chi connectivity index (χ3n) is 22.7. The Balaban J connectivity index is 0.000000359. The first-order valence-electron chi connectivity index (χ1n) is 46.8. The molecule has 0 bridgehead atoms. The van der Waals surface area contributed by atoms with Gasteiger partial charge in [0.2, 0.25) is 0 Å². The standard InChI is InChI=1S/C30H40BrNO2S2Si.C20H25BrOSi.C20H26O2Si.C20H25OSi.C10H14BrNOS2.C10H14BrNOS.C4H8O2.BrH.Zn/c1-23(20-30(8,27-19-24(31)22-35-27)32-36(33)28(2,3)4)21-34-37(29(5,6)7,25-15-11-9-12-16-25)26-17-13-10-14-18-26;2*1-17(15-21)16-22-23(20(2,3)4,18-11-7-5-8-12-18)19-13-9-6-10-14-19;1-17(2)16-21-22(20(3,4)5,18-12-8-6-9-13-18)19-14-10-7-11-15-19;1-7(9-5-8(11)6-14-9)12-15(13)10(2,3)4;1-7(5-13)4-10(2,12)9-3-8(11)6-14-9;1-4(2-5)3-6;;/h9-19,22,32H,1,20-21H2,2-8H3;5-14H,1,15-16H2,2-4H3;5-14,21H,1,15-16H2,2-4H3;6-15H,1-2,16H2,3-5H3;5-6H,1-4H3;3,6,13H,1,4-5,12H2,2H3;5-6H,1-3H2;1H;/q;;;-1;;;;;+2/p-1. The number of alkyl halides is 1. The SMILES string of the molecule is C=C(CBr)CO[Si](c1ccccc1)(c1ccccc1)C(C)(C)C.C=C(CO)CC(C)(N)c1cc(Br)cs1.C=C(CO)CO.C=C(CO)CO[Si](c1ccccc1)(c1ccccc1)C(C)(C)C.C=C(CO[Si](c1ccccc1)(c1ccccc1)C(C)(C)C)CC(C)(NS(=O)C(C)(C)C)c1cc(Br)cs1.C=C([CH2-])CO[Si](c1ccccc1)(c1ccccc1)C(C)(C)C.CC(=NS(=O)C(C)(C)C)c1cc(Br)cs1.[Zn+][Br]. The third-order valence-corrected chi connectivity index (χ3v) is 52.4. The van der Waals surface area contributed by atoms with Crippen LogP contribution in [0.5, 0.6) is 0 Å². The van der Waals surface area contributed by atoms with Gasteiger partial charge in [-0.05, 0) is 225 Å². The first kappa shape index (κ1) is 129. The Morgan fingerprint density at radius 2 is 0.648 bits per heavy atom. The number of rotatable bonds is 35. The maximum atomic E-state index is 13.2. The number of aliphatic hydroxyl groups is 4. The second-order valence-electron chi connectivity index (χ2n) is 41.1. The van der Waals surface area contributed by atoms with Gasteiger partial charge in [0.1, 0.15) is 11.0 Å². The number of halogens is 5. The van der Waals surface area contributed by atoms with Crippen molar-refractivity contribution < 1.29 is 62.9 Å². The number of hydrogen-bond donors (Lipinski definition) is 6. The number of thiophene rings is 3. The van der Waals surface area contributed by atoms with Crippen molar-refractivity contribution in [1.29, 1.82) is 0 Å². The van der Waals surface area contributed by atoms with Crippen molar-refractivity contribution in [2.24, 2.45) is 10.1 Å². The van der Waals surface area contributed by atoms with E-state index in [1.807, 2.05) is 90.4 Å². The van der Waals surface area contributed by atoms with Crippen LogP contribution in [-0.2, 0) is 67.1 Å². The maximum absolute atomic E-state index is 13.2. The van der Waals surface area contributed by atoms with Gasteiger partial charge >= 0.3 is 30.0 Å². The van der Waals surface area contributed by atoms with E-state index in [9.17, 15) is 13.5 Å². The zero-order valence-electron chi connectivity index (χ0n) is 87.2. The van der Waals surface area contributed by atoms with Crippen LogP contribution in [0.25, 0.3) is 0 Å². The van der Waals surface area contributed by atoms with Crippen molar-refractivity contribution in [3.8, 4) is 0 Å². The summed E-state index contributed by atoms with van der Waals surface area (Å²) in [6, 6.07) is 91.0. The molecular formula is C114H152Br5N3O10S5Si4Zn. The van der Waals surface area contributed by atoms with Gasteiger partial charge in [-0.15, -0.1) is 34.0 Å². The molecule has 11 aromatic rings. The Morgan fingerprint density at radius 1 is 0.387 bits per heavy atom. The molecule has 0 saturated heterocycles. The summed E-state index contributed by atoms with van der Waals surface area (Å²) in [6.45, 7) is 73.8. The van der Waals surface area contributed by atoms with Gasteiger partial charge in [0, 0.05) is 51.2 Å². The molecule has 142 heavy (non-hydrogen) atoms. The first-order valence-corrected chi connectivity index (χ1v) is 69.7. The van der Waals surface area contributed by atoms with Crippen LogP contribution in [0.4, 0.5) is 0 Å². The van der Waals surface area contributed by atoms with Crippen molar-refractivity contribution >= 4 is 214 Å². The van der Waals surface area contributed by atoms with E-state index in [0.717, 1.165) is 61.4 Å². The predicted molar refractivity (Wildman–Crippen MR) is 641 cm³/mol. The van der Waals surface area contributed by atoms with Crippen molar-refractivity contribution in [3.05, 3.63) is 385 Å². The van der Waals surface area contributed by atoms with Crippen LogP contribution in [0.3, 0.4) is 0 Å². The molecule has 0 amide bonds. The second-order valence-corrected chi connectivity index (χ2v) is 68.2. The van der Waals surface area contributed by atoms with Gasteiger partial charge in [0.15, 0.2) is 0 Å². The van der Waals surface area contributed by atoms with E-state index in [4.69, 9.17) is 38.8 Å². The predicted octanol–water partition coefficient (Wildman–Crippen LogP) is 25.7. The third kappa shape index (κ3) is 38.3.